The van der Waals surface area contributed by atoms with Crippen molar-refractivity contribution in [1.29, 1.82) is 0 Å². The average Bonchev–Trinajstić information content (AvgIpc) is 3.32. The molecular weight excluding hydrogens is 380 g/mol. The highest BCUT2D eigenvalue weighted by molar-refractivity contribution is 7.71. The summed E-state index contributed by atoms with van der Waals surface area (Å²) in [7, 11) is 0. The molecule has 0 unspecified atom stereocenters. The summed E-state index contributed by atoms with van der Waals surface area (Å²) in [4.78, 5) is 14.4. The van der Waals surface area contributed by atoms with Crippen LogP contribution in [-0.2, 0) is 6.54 Å². The maximum atomic E-state index is 12.8. The lowest BCUT2D eigenvalue weighted by Gasteiger charge is -2.07. The number of amides is 1. The molecule has 1 aromatic carbocycles. The number of nitrogens with one attached hydrogen (secondary N) is 2. The molecule has 1 aliphatic rings. The molecule has 0 bridgehead atoms. The standard InChI is InChI=1S/C19H20N4O2S2/c1-2-25-14-10-15(12-6-4-3-5-7-12)27-17(14)18(24)20-11-16-21-22-19(26)23(16)13-8-9-13/h3-7,10,13H,2,8-9,11H2,1H3,(H,20,24)(H,22,26). The summed E-state index contributed by atoms with van der Waals surface area (Å²) in [6.45, 7) is 2.74. The Labute approximate surface area is 166 Å². The summed E-state index contributed by atoms with van der Waals surface area (Å²) in [5, 5.41) is 10.0. The van der Waals surface area contributed by atoms with Crippen LogP contribution in [0.2, 0.25) is 0 Å². The molecule has 0 atom stereocenters. The Morgan fingerprint density at radius 3 is 2.89 bits per heavy atom. The van der Waals surface area contributed by atoms with Gasteiger partial charge in [-0.2, -0.15) is 5.10 Å². The van der Waals surface area contributed by atoms with Gasteiger partial charge >= 0.3 is 0 Å². The van der Waals surface area contributed by atoms with Gasteiger partial charge in [-0.3, -0.25) is 14.5 Å². The Kier molecular flexibility index (Phi) is 5.09. The SMILES string of the molecule is CCOc1cc(-c2ccccc2)sc1C(=O)NCc1n[nH]c(=S)n1C1CC1. The van der Waals surface area contributed by atoms with Crippen molar-refractivity contribution in [3.8, 4) is 16.2 Å². The zero-order valence-electron chi connectivity index (χ0n) is 14.9. The molecule has 0 aliphatic heterocycles. The van der Waals surface area contributed by atoms with E-state index in [0.29, 0.717) is 34.6 Å². The molecule has 27 heavy (non-hydrogen) atoms. The quantitative estimate of drug-likeness (QED) is 0.579. The van der Waals surface area contributed by atoms with Crippen molar-refractivity contribution in [2.45, 2.75) is 32.4 Å². The highest BCUT2D eigenvalue weighted by Gasteiger charge is 2.27. The first-order valence-corrected chi connectivity index (χ1v) is 10.2. The normalized spacial score (nSPS) is 13.5. The summed E-state index contributed by atoms with van der Waals surface area (Å²) < 4.78 is 8.31. The minimum absolute atomic E-state index is 0.165. The lowest BCUT2D eigenvalue weighted by Crippen LogP contribution is -2.24. The molecule has 2 N–H and O–H groups in total. The highest BCUT2D eigenvalue weighted by atomic mass is 32.1. The number of aromatic amines is 1. The summed E-state index contributed by atoms with van der Waals surface area (Å²) in [5.41, 5.74) is 1.07. The topological polar surface area (TPSA) is 71.9 Å². The fourth-order valence-electron chi connectivity index (χ4n) is 2.95. The Hall–Kier alpha value is -2.45. The largest absolute Gasteiger partial charge is 0.492 e. The van der Waals surface area contributed by atoms with Crippen LogP contribution in [0.25, 0.3) is 10.4 Å². The molecule has 140 valence electrons. The Morgan fingerprint density at radius 1 is 1.41 bits per heavy atom. The molecule has 2 aromatic heterocycles. The maximum Gasteiger partial charge on any atom is 0.265 e. The Morgan fingerprint density at radius 2 is 2.19 bits per heavy atom. The van der Waals surface area contributed by atoms with Crippen molar-refractivity contribution in [3.63, 3.8) is 0 Å². The van der Waals surface area contributed by atoms with E-state index in [1.807, 2.05) is 47.9 Å². The molecule has 4 rings (SSSR count). The predicted molar refractivity (Wildman–Crippen MR) is 108 cm³/mol. The van der Waals surface area contributed by atoms with E-state index < -0.39 is 0 Å². The van der Waals surface area contributed by atoms with E-state index in [4.69, 9.17) is 17.0 Å². The van der Waals surface area contributed by atoms with Gasteiger partial charge in [0, 0.05) is 10.9 Å². The first-order valence-electron chi connectivity index (χ1n) is 8.93. The van der Waals surface area contributed by atoms with Crippen LogP contribution in [0.4, 0.5) is 0 Å². The molecular formula is C19H20N4O2S2. The summed E-state index contributed by atoms with van der Waals surface area (Å²) in [5.74, 6) is 1.20. The zero-order chi connectivity index (χ0) is 18.8. The van der Waals surface area contributed by atoms with Gasteiger partial charge in [0.15, 0.2) is 10.6 Å². The highest BCUT2D eigenvalue weighted by Crippen LogP contribution is 2.37. The van der Waals surface area contributed by atoms with E-state index in [9.17, 15) is 4.79 Å². The number of hydrogen-bond donors (Lipinski definition) is 2. The molecule has 6 nitrogen and oxygen atoms in total. The minimum atomic E-state index is -0.165. The summed E-state index contributed by atoms with van der Waals surface area (Å²) >= 11 is 6.72. The van der Waals surface area contributed by atoms with E-state index in [-0.39, 0.29) is 5.91 Å². The van der Waals surface area contributed by atoms with E-state index in [0.717, 1.165) is 29.1 Å². The molecule has 1 fully saturated rings. The van der Waals surface area contributed by atoms with Crippen LogP contribution < -0.4 is 10.1 Å². The molecule has 0 saturated heterocycles. The number of aromatic nitrogens is 3. The maximum absolute atomic E-state index is 12.8. The van der Waals surface area contributed by atoms with Gasteiger partial charge < -0.3 is 10.1 Å². The van der Waals surface area contributed by atoms with Crippen LogP contribution in [0, 0.1) is 4.77 Å². The van der Waals surface area contributed by atoms with Crippen molar-refractivity contribution in [2.24, 2.45) is 0 Å². The van der Waals surface area contributed by atoms with Gasteiger partial charge in [-0.15, -0.1) is 11.3 Å². The van der Waals surface area contributed by atoms with Crippen LogP contribution in [0.1, 0.15) is 41.3 Å². The Balaban J connectivity index is 1.54. The van der Waals surface area contributed by atoms with Crippen LogP contribution in [0.15, 0.2) is 36.4 Å². The van der Waals surface area contributed by atoms with Gasteiger partial charge in [0.1, 0.15) is 10.6 Å². The van der Waals surface area contributed by atoms with Crippen LogP contribution in [0.3, 0.4) is 0 Å². The second-order valence-corrected chi connectivity index (χ2v) is 7.77. The number of hydrogen-bond acceptors (Lipinski definition) is 5. The van der Waals surface area contributed by atoms with Crippen LogP contribution in [-0.4, -0.2) is 27.3 Å². The molecule has 1 aliphatic carbocycles. The van der Waals surface area contributed by atoms with Gasteiger partial charge in [0.25, 0.3) is 5.91 Å². The fraction of sp³-hybridized carbons (Fsp3) is 0.316. The molecule has 0 radical (unpaired) electrons. The third-order valence-corrected chi connectivity index (χ3v) is 5.81. The van der Waals surface area contributed by atoms with E-state index in [1.54, 1.807) is 0 Å². The van der Waals surface area contributed by atoms with Gasteiger partial charge in [-0.1, -0.05) is 30.3 Å². The number of rotatable bonds is 7. The Bertz CT molecular complexity index is 1000. The lowest BCUT2D eigenvalue weighted by atomic mass is 10.2. The predicted octanol–water partition coefficient (Wildman–Crippen LogP) is 4.33. The van der Waals surface area contributed by atoms with Crippen molar-refractivity contribution in [2.75, 3.05) is 6.61 Å². The molecule has 2 heterocycles. The first kappa shape index (κ1) is 17.9. The summed E-state index contributed by atoms with van der Waals surface area (Å²) in [6.07, 6.45) is 2.21. The fourth-order valence-corrected chi connectivity index (χ4v) is 4.27. The third-order valence-electron chi connectivity index (χ3n) is 4.36. The number of carbonyl (C=O) groups excluding carboxylic acids is 1. The molecule has 3 aromatic rings. The number of benzene rings is 1. The second kappa shape index (κ2) is 7.66. The minimum Gasteiger partial charge on any atom is -0.492 e. The van der Waals surface area contributed by atoms with E-state index in [1.165, 1.54) is 11.3 Å². The molecule has 1 amide bonds. The van der Waals surface area contributed by atoms with Gasteiger partial charge in [0.05, 0.1) is 13.2 Å². The van der Waals surface area contributed by atoms with Crippen molar-refractivity contribution in [1.82, 2.24) is 20.1 Å². The molecule has 1 saturated carbocycles. The van der Waals surface area contributed by atoms with Crippen molar-refractivity contribution in [3.05, 3.63) is 51.9 Å². The second-order valence-electron chi connectivity index (χ2n) is 6.33. The number of ether oxygens (including phenoxy) is 1. The zero-order valence-corrected chi connectivity index (χ0v) is 16.5. The van der Waals surface area contributed by atoms with E-state index in [2.05, 4.69) is 15.5 Å². The number of nitrogens with zero attached hydrogens (tertiary/aromatic N) is 2. The number of carbonyl (C=O) groups is 1. The molecule has 0 spiro atoms. The number of thiophene rings is 1. The number of H-pyrrole nitrogens is 1. The van der Waals surface area contributed by atoms with Crippen molar-refractivity contribution >= 4 is 29.5 Å². The van der Waals surface area contributed by atoms with Gasteiger partial charge in [-0.05, 0) is 43.6 Å². The van der Waals surface area contributed by atoms with Gasteiger partial charge in [0.2, 0.25) is 0 Å². The first-order chi connectivity index (χ1) is 13.2. The average molecular weight is 401 g/mol. The van der Waals surface area contributed by atoms with Crippen LogP contribution >= 0.6 is 23.6 Å². The van der Waals surface area contributed by atoms with Crippen molar-refractivity contribution < 1.29 is 9.53 Å². The smallest absolute Gasteiger partial charge is 0.265 e. The van der Waals surface area contributed by atoms with Crippen LogP contribution in [0.5, 0.6) is 5.75 Å². The van der Waals surface area contributed by atoms with E-state index >= 15 is 0 Å². The lowest BCUT2D eigenvalue weighted by molar-refractivity contribution is 0.0950. The monoisotopic (exact) mass is 400 g/mol. The molecule has 8 heteroatoms. The van der Waals surface area contributed by atoms with Gasteiger partial charge in [-0.25, -0.2) is 0 Å². The summed E-state index contributed by atoms with van der Waals surface area (Å²) in [6, 6.07) is 12.3. The third kappa shape index (κ3) is 3.81.